The fourth-order valence-electron chi connectivity index (χ4n) is 3.44. The maximum absolute atomic E-state index is 13.5. The van der Waals surface area contributed by atoms with Crippen molar-refractivity contribution < 1.29 is 23.8 Å². The third-order valence-corrected chi connectivity index (χ3v) is 5.78. The number of carboxylic acids is 1. The number of methoxy groups -OCH3 is 1. The van der Waals surface area contributed by atoms with Gasteiger partial charge in [-0.2, -0.15) is 0 Å². The number of carboxylic acid groups (broad SMARTS) is 1. The first-order valence-corrected chi connectivity index (χ1v) is 9.68. The van der Waals surface area contributed by atoms with Gasteiger partial charge in [0.2, 0.25) is 0 Å². The molecule has 0 fully saturated rings. The van der Waals surface area contributed by atoms with E-state index in [-0.39, 0.29) is 12.3 Å². The predicted octanol–water partition coefficient (Wildman–Crippen LogP) is 3.69. The molecule has 4 rings (SSSR count). The number of ketones is 1. The summed E-state index contributed by atoms with van der Waals surface area (Å²) in [5.41, 5.74) is 3.51. The molecule has 144 valence electrons. The summed E-state index contributed by atoms with van der Waals surface area (Å²) in [5, 5.41) is 9.71. The number of halogens is 1. The first kappa shape index (κ1) is 18.5. The first-order valence-electron chi connectivity index (χ1n) is 8.69. The maximum atomic E-state index is 13.5. The lowest BCUT2D eigenvalue weighted by atomic mass is 10.1. The number of ether oxygens (including phenoxy) is 1. The summed E-state index contributed by atoms with van der Waals surface area (Å²) in [7, 11) is 1.58. The van der Waals surface area contributed by atoms with Crippen LogP contribution in [0.1, 0.15) is 27.9 Å². The Kier molecular flexibility index (Phi) is 4.80. The summed E-state index contributed by atoms with van der Waals surface area (Å²) in [6.45, 7) is -0.274. The summed E-state index contributed by atoms with van der Waals surface area (Å²) >= 11 is 1.32. The van der Waals surface area contributed by atoms with E-state index in [4.69, 9.17) is 4.74 Å². The van der Waals surface area contributed by atoms with E-state index in [0.717, 1.165) is 23.1 Å². The highest BCUT2D eigenvalue weighted by Gasteiger charge is 2.22. The average Bonchev–Trinajstić information content (AvgIpc) is 3.18. The molecule has 0 aliphatic heterocycles. The lowest BCUT2D eigenvalue weighted by Gasteiger charge is -2.11. The van der Waals surface area contributed by atoms with E-state index < -0.39 is 11.8 Å². The quantitative estimate of drug-likeness (QED) is 0.636. The van der Waals surface area contributed by atoms with Gasteiger partial charge in [0.25, 0.3) is 0 Å². The number of rotatable bonds is 6. The molecule has 0 saturated carbocycles. The van der Waals surface area contributed by atoms with E-state index in [1.807, 2.05) is 12.1 Å². The van der Waals surface area contributed by atoms with Gasteiger partial charge in [0, 0.05) is 29.4 Å². The van der Waals surface area contributed by atoms with Gasteiger partial charge in [-0.1, -0.05) is 11.8 Å². The predicted molar refractivity (Wildman–Crippen MR) is 103 cm³/mol. The van der Waals surface area contributed by atoms with Gasteiger partial charge in [0.15, 0.2) is 10.9 Å². The molecule has 1 aliphatic rings. The molecule has 0 spiro atoms. The second-order valence-electron chi connectivity index (χ2n) is 6.54. The molecular weight excluding hydrogens is 383 g/mol. The third kappa shape index (κ3) is 3.35. The van der Waals surface area contributed by atoms with Crippen molar-refractivity contribution in [2.75, 3.05) is 7.11 Å². The number of imidazole rings is 1. The summed E-state index contributed by atoms with van der Waals surface area (Å²) in [6.07, 6.45) is 1.23. The van der Waals surface area contributed by atoms with E-state index in [0.29, 0.717) is 34.1 Å². The zero-order valence-electron chi connectivity index (χ0n) is 15.1. The highest BCUT2D eigenvalue weighted by atomic mass is 32.2. The molecule has 0 amide bonds. The highest BCUT2D eigenvalue weighted by molar-refractivity contribution is 7.98. The molecule has 0 unspecified atom stereocenters. The molecular formula is C20H17FN2O4S. The van der Waals surface area contributed by atoms with Gasteiger partial charge < -0.3 is 14.4 Å². The Labute approximate surface area is 164 Å². The zero-order chi connectivity index (χ0) is 19.8. The van der Waals surface area contributed by atoms with Crippen LogP contribution in [-0.4, -0.2) is 33.5 Å². The molecule has 0 saturated heterocycles. The van der Waals surface area contributed by atoms with Gasteiger partial charge in [-0.25, -0.2) is 9.37 Å². The van der Waals surface area contributed by atoms with Crippen LogP contribution in [0.2, 0.25) is 0 Å². The second kappa shape index (κ2) is 7.27. The molecule has 8 heteroatoms. The van der Waals surface area contributed by atoms with E-state index in [9.17, 15) is 19.1 Å². The number of hydrogen-bond donors (Lipinski definition) is 1. The molecule has 3 aromatic rings. The third-order valence-electron chi connectivity index (χ3n) is 4.75. The molecule has 0 radical (unpaired) electrons. The van der Waals surface area contributed by atoms with Gasteiger partial charge in [-0.05, 0) is 36.2 Å². The Balaban J connectivity index is 1.68. The first-order chi connectivity index (χ1) is 13.5. The number of carbonyl (C=O) groups excluding carboxylic acids is 1. The number of thioether (sulfide) groups is 1. The Morgan fingerprint density at radius 3 is 2.89 bits per heavy atom. The van der Waals surface area contributed by atoms with Crippen LogP contribution >= 0.6 is 11.8 Å². The molecule has 1 heterocycles. The van der Waals surface area contributed by atoms with Gasteiger partial charge in [0.1, 0.15) is 18.1 Å². The minimum atomic E-state index is -1.01. The summed E-state index contributed by atoms with van der Waals surface area (Å²) < 4.78 is 20.5. The smallest absolute Gasteiger partial charge is 0.323 e. The molecule has 0 bridgehead atoms. The topological polar surface area (TPSA) is 81.4 Å². The van der Waals surface area contributed by atoms with Crippen molar-refractivity contribution in [3.8, 4) is 5.75 Å². The number of carbonyl (C=O) groups is 2. The van der Waals surface area contributed by atoms with Crippen LogP contribution in [0.15, 0.2) is 35.5 Å². The molecule has 1 N–H and O–H groups in total. The lowest BCUT2D eigenvalue weighted by molar-refractivity contribution is -0.137. The van der Waals surface area contributed by atoms with E-state index >= 15 is 0 Å². The minimum Gasteiger partial charge on any atom is -0.496 e. The highest BCUT2D eigenvalue weighted by Crippen LogP contribution is 2.34. The molecule has 6 nitrogen and oxygen atoms in total. The second-order valence-corrected chi connectivity index (χ2v) is 7.48. The van der Waals surface area contributed by atoms with Crippen LogP contribution in [0, 0.1) is 5.82 Å². The number of hydrogen-bond acceptors (Lipinski definition) is 5. The summed E-state index contributed by atoms with van der Waals surface area (Å²) in [6, 6.07) is 7.84. The lowest BCUT2D eigenvalue weighted by Crippen LogP contribution is -2.09. The fourth-order valence-corrected chi connectivity index (χ4v) is 4.43. The molecule has 1 aliphatic carbocycles. The molecule has 1 aromatic heterocycles. The Bertz CT molecular complexity index is 1110. The monoisotopic (exact) mass is 400 g/mol. The number of aliphatic carboxylic acids is 1. The van der Waals surface area contributed by atoms with Crippen LogP contribution in [0.5, 0.6) is 5.75 Å². The number of Topliss-reactive ketones (excluding diaryl/α,β-unsaturated/α-hetero) is 1. The average molecular weight is 400 g/mol. The van der Waals surface area contributed by atoms with Crippen LogP contribution in [0.4, 0.5) is 4.39 Å². The SMILES string of the molecule is COc1cc2c(cc1CSc1nc3cc(F)ccc3n1CC(=O)O)C(=O)CC2. The van der Waals surface area contributed by atoms with Crippen molar-refractivity contribution >= 4 is 34.5 Å². The Hall–Kier alpha value is -2.87. The summed E-state index contributed by atoms with van der Waals surface area (Å²) in [5.74, 6) is -0.186. The van der Waals surface area contributed by atoms with Crippen LogP contribution in [0.3, 0.4) is 0 Å². The largest absolute Gasteiger partial charge is 0.496 e. The number of nitrogens with zero attached hydrogens (tertiary/aromatic N) is 2. The number of aryl methyl sites for hydroxylation is 1. The van der Waals surface area contributed by atoms with Crippen LogP contribution in [-0.2, 0) is 23.5 Å². The van der Waals surface area contributed by atoms with Gasteiger partial charge >= 0.3 is 5.97 Å². The standard InChI is InChI=1S/C20H17FN2O4S/c1-27-18-7-11-2-5-17(24)14(11)6-12(18)10-28-20-22-15-8-13(21)3-4-16(15)23(20)9-19(25)26/h3-4,6-8H,2,5,9-10H2,1H3,(H,25,26). The molecule has 28 heavy (non-hydrogen) atoms. The van der Waals surface area contributed by atoms with Crippen molar-refractivity contribution in [1.29, 1.82) is 0 Å². The zero-order valence-corrected chi connectivity index (χ0v) is 15.9. The molecule has 2 aromatic carbocycles. The van der Waals surface area contributed by atoms with Crippen molar-refractivity contribution in [3.05, 3.63) is 52.8 Å². The minimum absolute atomic E-state index is 0.123. The fraction of sp³-hybridized carbons (Fsp3) is 0.250. The Morgan fingerprint density at radius 1 is 1.32 bits per heavy atom. The molecule has 0 atom stereocenters. The van der Waals surface area contributed by atoms with Gasteiger partial charge in [-0.3, -0.25) is 9.59 Å². The maximum Gasteiger partial charge on any atom is 0.323 e. The van der Waals surface area contributed by atoms with Gasteiger partial charge in [0.05, 0.1) is 18.1 Å². The van der Waals surface area contributed by atoms with Crippen molar-refractivity contribution in [1.82, 2.24) is 9.55 Å². The number of aromatic nitrogens is 2. The normalized spacial score (nSPS) is 13.1. The van der Waals surface area contributed by atoms with E-state index in [1.54, 1.807) is 11.7 Å². The summed E-state index contributed by atoms with van der Waals surface area (Å²) in [4.78, 5) is 27.7. The van der Waals surface area contributed by atoms with E-state index in [1.165, 1.54) is 30.0 Å². The number of fused-ring (bicyclic) bond motifs is 2. The van der Waals surface area contributed by atoms with Crippen molar-refractivity contribution in [2.45, 2.75) is 30.3 Å². The van der Waals surface area contributed by atoms with Crippen molar-refractivity contribution in [2.24, 2.45) is 0 Å². The van der Waals surface area contributed by atoms with Crippen LogP contribution < -0.4 is 4.74 Å². The number of benzene rings is 2. The van der Waals surface area contributed by atoms with Crippen molar-refractivity contribution in [3.63, 3.8) is 0 Å². The Morgan fingerprint density at radius 2 is 2.14 bits per heavy atom. The van der Waals surface area contributed by atoms with E-state index in [2.05, 4.69) is 4.98 Å². The van der Waals surface area contributed by atoms with Gasteiger partial charge in [-0.15, -0.1) is 0 Å². The van der Waals surface area contributed by atoms with Crippen LogP contribution in [0.25, 0.3) is 11.0 Å².